The summed E-state index contributed by atoms with van der Waals surface area (Å²) >= 11 is 0. The molecule has 0 unspecified atom stereocenters. The van der Waals surface area contributed by atoms with Crippen molar-refractivity contribution in [3.8, 4) is 11.5 Å². The van der Waals surface area contributed by atoms with Crippen molar-refractivity contribution in [3.05, 3.63) is 58.7 Å². The van der Waals surface area contributed by atoms with E-state index in [9.17, 15) is 10.2 Å². The van der Waals surface area contributed by atoms with Gasteiger partial charge in [0.15, 0.2) is 0 Å². The van der Waals surface area contributed by atoms with Gasteiger partial charge in [0.25, 0.3) is 0 Å². The van der Waals surface area contributed by atoms with E-state index in [2.05, 4.69) is 60.6 Å². The predicted molar refractivity (Wildman–Crippen MR) is 119 cm³/mol. The van der Waals surface area contributed by atoms with Crippen LogP contribution in [-0.4, -0.2) is 10.2 Å². The van der Waals surface area contributed by atoms with Crippen LogP contribution in [0.25, 0.3) is 0 Å². The number of phenolic OH excluding ortho intramolecular Hbond substituents is 2. The van der Waals surface area contributed by atoms with Crippen LogP contribution in [0.15, 0.2) is 36.4 Å². The topological polar surface area (TPSA) is 40.5 Å². The highest BCUT2D eigenvalue weighted by Crippen LogP contribution is 2.34. The fraction of sp³-hybridized carbons (Fsp3) is 0.538. The van der Waals surface area contributed by atoms with Crippen LogP contribution in [-0.2, 0) is 23.7 Å². The van der Waals surface area contributed by atoms with Crippen molar-refractivity contribution in [3.63, 3.8) is 0 Å². The van der Waals surface area contributed by atoms with Crippen molar-refractivity contribution in [1.29, 1.82) is 0 Å². The first-order valence-electron chi connectivity index (χ1n) is 10.6. The molecule has 0 amide bonds. The van der Waals surface area contributed by atoms with Crippen molar-refractivity contribution < 1.29 is 10.2 Å². The van der Waals surface area contributed by atoms with Crippen molar-refractivity contribution in [2.75, 3.05) is 0 Å². The Bertz CT molecular complexity index is 726. The molecule has 2 rings (SSSR count). The van der Waals surface area contributed by atoms with Gasteiger partial charge in [0.1, 0.15) is 11.5 Å². The Kier molecular flexibility index (Phi) is 6.85. The average molecular weight is 383 g/mol. The molecular formula is C26H38O2. The highest BCUT2D eigenvalue weighted by Gasteiger charge is 2.23. The second kappa shape index (κ2) is 8.59. The normalized spacial score (nSPS) is 12.6. The molecule has 2 aromatic rings. The second-order valence-electron chi connectivity index (χ2n) is 10.2. The first-order chi connectivity index (χ1) is 12.9. The van der Waals surface area contributed by atoms with E-state index in [1.807, 2.05) is 24.3 Å². The zero-order valence-corrected chi connectivity index (χ0v) is 18.8. The number of phenols is 2. The largest absolute Gasteiger partial charge is 0.508 e. The highest BCUT2D eigenvalue weighted by molar-refractivity contribution is 5.41. The first kappa shape index (κ1) is 22.3. The molecule has 2 N–H and O–H groups in total. The monoisotopic (exact) mass is 382 g/mol. The first-order valence-corrected chi connectivity index (χ1v) is 10.6. The van der Waals surface area contributed by atoms with Crippen LogP contribution in [0.2, 0.25) is 0 Å². The Morgan fingerprint density at radius 1 is 0.714 bits per heavy atom. The molecule has 0 bridgehead atoms. The van der Waals surface area contributed by atoms with Crippen LogP contribution in [0.1, 0.15) is 83.6 Å². The lowest BCUT2D eigenvalue weighted by Crippen LogP contribution is -2.19. The fourth-order valence-electron chi connectivity index (χ4n) is 4.19. The molecule has 2 heteroatoms. The summed E-state index contributed by atoms with van der Waals surface area (Å²) in [4.78, 5) is 0. The van der Waals surface area contributed by atoms with Crippen LogP contribution in [0.3, 0.4) is 0 Å². The quantitative estimate of drug-likeness (QED) is 0.571. The van der Waals surface area contributed by atoms with Crippen LogP contribution < -0.4 is 0 Å². The average Bonchev–Trinajstić information content (AvgIpc) is 2.56. The van der Waals surface area contributed by atoms with E-state index in [1.165, 1.54) is 22.3 Å². The minimum Gasteiger partial charge on any atom is -0.508 e. The summed E-state index contributed by atoms with van der Waals surface area (Å²) in [5.74, 6) is 1.21. The molecule has 0 aliphatic carbocycles. The number of hydrogen-bond acceptors (Lipinski definition) is 2. The van der Waals surface area contributed by atoms with E-state index in [-0.39, 0.29) is 10.8 Å². The number of benzene rings is 2. The van der Waals surface area contributed by atoms with Gasteiger partial charge >= 0.3 is 0 Å². The summed E-state index contributed by atoms with van der Waals surface area (Å²) in [5.41, 5.74) is 5.13. The molecule has 154 valence electrons. The van der Waals surface area contributed by atoms with Gasteiger partial charge in [0, 0.05) is 0 Å². The number of hydrogen-bond donors (Lipinski definition) is 2. The minimum atomic E-state index is -0.0000549. The molecule has 2 nitrogen and oxygen atoms in total. The molecule has 0 aliphatic heterocycles. The zero-order valence-electron chi connectivity index (χ0n) is 18.8. The molecule has 0 spiro atoms. The summed E-state index contributed by atoms with van der Waals surface area (Å²) in [6.45, 7) is 15.5. The Balaban J connectivity index is 2.37. The minimum absolute atomic E-state index is 0.0000549. The van der Waals surface area contributed by atoms with E-state index in [0.29, 0.717) is 17.4 Å². The lowest BCUT2D eigenvalue weighted by molar-refractivity contribution is 0.449. The maximum absolute atomic E-state index is 10.0. The van der Waals surface area contributed by atoms with Crippen molar-refractivity contribution in [1.82, 2.24) is 0 Å². The molecular weight excluding hydrogens is 344 g/mol. The molecule has 0 fully saturated rings. The third-order valence-corrected chi connectivity index (χ3v) is 5.52. The molecule has 0 heterocycles. The highest BCUT2D eigenvalue weighted by atomic mass is 16.3. The molecule has 0 saturated heterocycles. The number of aromatic hydroxyl groups is 2. The summed E-state index contributed by atoms with van der Waals surface area (Å²) in [5, 5.41) is 20.0. The Morgan fingerprint density at radius 3 is 1.43 bits per heavy atom. The third-order valence-electron chi connectivity index (χ3n) is 5.52. The zero-order chi connectivity index (χ0) is 21.1. The summed E-state index contributed by atoms with van der Waals surface area (Å²) in [6, 6.07) is 11.7. The van der Waals surface area contributed by atoms with Gasteiger partial charge in [-0.15, -0.1) is 0 Å². The van der Waals surface area contributed by atoms with E-state index in [0.717, 1.165) is 25.7 Å². The van der Waals surface area contributed by atoms with Gasteiger partial charge in [0.05, 0.1) is 0 Å². The molecule has 0 atom stereocenters. The van der Waals surface area contributed by atoms with Gasteiger partial charge in [-0.25, -0.2) is 0 Å². The lowest BCUT2D eigenvalue weighted by Gasteiger charge is -2.28. The van der Waals surface area contributed by atoms with Crippen LogP contribution in [0, 0.1) is 5.92 Å². The Morgan fingerprint density at radius 2 is 1.11 bits per heavy atom. The Labute approximate surface area is 171 Å². The van der Waals surface area contributed by atoms with E-state index >= 15 is 0 Å². The second-order valence-corrected chi connectivity index (χ2v) is 10.2. The molecule has 28 heavy (non-hydrogen) atoms. The van der Waals surface area contributed by atoms with Crippen molar-refractivity contribution in [2.45, 2.75) is 85.0 Å². The van der Waals surface area contributed by atoms with Gasteiger partial charge in [0.2, 0.25) is 0 Å². The van der Waals surface area contributed by atoms with Crippen LogP contribution in [0.4, 0.5) is 0 Å². The van der Waals surface area contributed by atoms with Crippen LogP contribution >= 0.6 is 0 Å². The molecule has 0 saturated carbocycles. The maximum Gasteiger partial charge on any atom is 0.115 e. The third kappa shape index (κ3) is 5.77. The van der Waals surface area contributed by atoms with Crippen molar-refractivity contribution in [2.24, 2.45) is 5.92 Å². The maximum atomic E-state index is 10.0. The smallest absolute Gasteiger partial charge is 0.115 e. The molecule has 2 aromatic carbocycles. The van der Waals surface area contributed by atoms with Gasteiger partial charge < -0.3 is 10.2 Å². The SMILES string of the molecule is CCCC(Cc1ccc(O)cc1C(C)(C)C)Cc1ccc(O)cc1C(C)(C)C. The van der Waals surface area contributed by atoms with Gasteiger partial charge in [-0.2, -0.15) is 0 Å². The fourth-order valence-corrected chi connectivity index (χ4v) is 4.19. The van der Waals surface area contributed by atoms with E-state index in [1.54, 1.807) is 0 Å². The summed E-state index contributed by atoms with van der Waals surface area (Å²) in [6.07, 6.45) is 4.32. The summed E-state index contributed by atoms with van der Waals surface area (Å²) < 4.78 is 0. The Hall–Kier alpha value is -1.96. The molecule has 0 aliphatic rings. The van der Waals surface area contributed by atoms with Crippen molar-refractivity contribution >= 4 is 0 Å². The van der Waals surface area contributed by atoms with Gasteiger partial charge in [-0.1, -0.05) is 73.4 Å². The lowest BCUT2D eigenvalue weighted by atomic mass is 9.77. The van der Waals surface area contributed by atoms with Gasteiger partial charge in [-0.3, -0.25) is 0 Å². The number of rotatable bonds is 6. The molecule has 0 aromatic heterocycles. The summed E-state index contributed by atoms with van der Waals surface area (Å²) in [7, 11) is 0. The predicted octanol–water partition coefficient (Wildman–Crippen LogP) is 6.89. The van der Waals surface area contributed by atoms with E-state index in [4.69, 9.17) is 0 Å². The van der Waals surface area contributed by atoms with Gasteiger partial charge in [-0.05, 0) is 76.1 Å². The van der Waals surface area contributed by atoms with E-state index < -0.39 is 0 Å². The molecule has 0 radical (unpaired) electrons. The standard InChI is InChI=1S/C26H38O2/c1-8-9-18(14-19-10-12-21(27)16-23(19)25(2,3)4)15-20-11-13-22(28)17-24(20)26(5,6)7/h10-13,16-18,27-28H,8-9,14-15H2,1-7H3. The van der Waals surface area contributed by atoms with Crippen LogP contribution in [0.5, 0.6) is 11.5 Å².